The van der Waals surface area contributed by atoms with Crippen LogP contribution in [0.4, 0.5) is 5.69 Å². The zero-order valence-corrected chi connectivity index (χ0v) is 16.0. The van der Waals surface area contributed by atoms with Crippen LogP contribution in [0.5, 0.6) is 11.5 Å². The Balaban J connectivity index is 2.17. The van der Waals surface area contributed by atoms with Gasteiger partial charge < -0.3 is 9.47 Å². The highest BCUT2D eigenvalue weighted by atomic mass is 35.5. The number of nitrogens with zero attached hydrogens (tertiary/aromatic N) is 3. The minimum absolute atomic E-state index is 0.170. The molecule has 0 N–H and O–H groups in total. The molecule has 0 spiro atoms. The summed E-state index contributed by atoms with van der Waals surface area (Å²) in [6.07, 6.45) is 4.60. The van der Waals surface area contributed by atoms with Crippen LogP contribution in [0.1, 0.15) is 31.0 Å². The van der Waals surface area contributed by atoms with Crippen LogP contribution < -0.4 is 9.47 Å². The molecule has 27 heavy (non-hydrogen) atoms. The molecule has 9 heteroatoms. The van der Waals surface area contributed by atoms with E-state index in [2.05, 4.69) is 12.0 Å². The van der Waals surface area contributed by atoms with Gasteiger partial charge in [0.2, 0.25) is 5.75 Å². The van der Waals surface area contributed by atoms with Crippen LogP contribution in [0.3, 0.4) is 0 Å². The van der Waals surface area contributed by atoms with E-state index in [4.69, 9.17) is 21.1 Å². The third-order valence-electron chi connectivity index (χ3n) is 3.79. The summed E-state index contributed by atoms with van der Waals surface area (Å²) in [6.45, 7) is 4.54. The number of benzene rings is 1. The summed E-state index contributed by atoms with van der Waals surface area (Å²) in [4.78, 5) is 22.6. The van der Waals surface area contributed by atoms with Crippen LogP contribution in [-0.2, 0) is 11.3 Å². The molecule has 0 aliphatic rings. The second kappa shape index (κ2) is 9.18. The molecule has 0 amide bonds. The number of aromatic nitrogens is 2. The van der Waals surface area contributed by atoms with Crippen molar-refractivity contribution >= 4 is 29.3 Å². The Morgan fingerprint density at radius 1 is 1.44 bits per heavy atom. The van der Waals surface area contributed by atoms with Crippen LogP contribution in [0.25, 0.3) is 6.08 Å². The number of hydrogen-bond donors (Lipinski definition) is 0. The first-order chi connectivity index (χ1) is 12.9. The number of ether oxygens (including phenoxy) is 2. The fourth-order valence-corrected chi connectivity index (χ4v) is 2.68. The number of nitro groups is 1. The highest BCUT2D eigenvalue weighted by molar-refractivity contribution is 6.31. The number of carbonyl (C=O) groups excluding carboxylic acids is 1. The van der Waals surface area contributed by atoms with E-state index in [1.54, 1.807) is 11.6 Å². The summed E-state index contributed by atoms with van der Waals surface area (Å²) in [6, 6.07) is 3.97. The first kappa shape index (κ1) is 20.4. The number of esters is 1. The number of methoxy groups -OCH3 is 1. The molecule has 0 saturated heterocycles. The molecule has 8 nitrogen and oxygen atoms in total. The van der Waals surface area contributed by atoms with Gasteiger partial charge in [-0.05, 0) is 31.6 Å². The van der Waals surface area contributed by atoms with Gasteiger partial charge in [-0.1, -0.05) is 24.9 Å². The van der Waals surface area contributed by atoms with Crippen molar-refractivity contribution in [2.24, 2.45) is 0 Å². The van der Waals surface area contributed by atoms with Crippen molar-refractivity contribution in [3.05, 3.63) is 50.8 Å². The van der Waals surface area contributed by atoms with E-state index in [1.165, 1.54) is 31.4 Å². The van der Waals surface area contributed by atoms with Crippen molar-refractivity contribution in [2.75, 3.05) is 7.11 Å². The molecular formula is C18H20ClN3O5. The standard InChI is InChI=1S/C18H20ClN3O5/c1-4-5-10-21-18(19)14(12(2)20-21)7-9-17(23)27-16-8-6-13(26-3)11-15(16)22(24)25/h6-9,11H,4-5,10H2,1-3H3/b9-7+. The van der Waals surface area contributed by atoms with Crippen molar-refractivity contribution < 1.29 is 19.2 Å². The number of carbonyl (C=O) groups is 1. The van der Waals surface area contributed by atoms with Gasteiger partial charge in [0.05, 0.1) is 23.8 Å². The fraction of sp³-hybridized carbons (Fsp3) is 0.333. The lowest BCUT2D eigenvalue weighted by atomic mass is 10.2. The molecule has 1 aromatic heterocycles. The van der Waals surface area contributed by atoms with Crippen molar-refractivity contribution in [2.45, 2.75) is 33.2 Å². The molecule has 144 valence electrons. The first-order valence-electron chi connectivity index (χ1n) is 8.32. The number of rotatable bonds is 8. The summed E-state index contributed by atoms with van der Waals surface area (Å²) in [7, 11) is 1.39. The van der Waals surface area contributed by atoms with E-state index in [0.717, 1.165) is 18.9 Å². The van der Waals surface area contributed by atoms with Gasteiger partial charge in [-0.2, -0.15) is 5.10 Å². The van der Waals surface area contributed by atoms with E-state index >= 15 is 0 Å². The fourth-order valence-electron chi connectivity index (χ4n) is 2.36. The summed E-state index contributed by atoms with van der Waals surface area (Å²) < 4.78 is 11.7. The lowest BCUT2D eigenvalue weighted by Gasteiger charge is -2.05. The van der Waals surface area contributed by atoms with Crippen LogP contribution in [-0.4, -0.2) is 27.8 Å². The number of unbranched alkanes of at least 4 members (excludes halogenated alkanes) is 1. The van der Waals surface area contributed by atoms with Gasteiger partial charge in [-0.3, -0.25) is 14.8 Å². The molecule has 0 aliphatic heterocycles. The van der Waals surface area contributed by atoms with E-state index < -0.39 is 10.9 Å². The number of halogens is 1. The Kier molecular flexibility index (Phi) is 6.95. The SMILES string of the molecule is CCCCn1nc(C)c(/C=C/C(=O)Oc2ccc(OC)cc2[N+](=O)[O-])c1Cl. The Labute approximate surface area is 161 Å². The van der Waals surface area contributed by atoms with E-state index in [-0.39, 0.29) is 11.4 Å². The average Bonchev–Trinajstić information content (AvgIpc) is 2.91. The Morgan fingerprint density at radius 3 is 2.81 bits per heavy atom. The molecule has 1 heterocycles. The van der Waals surface area contributed by atoms with Gasteiger partial charge in [0, 0.05) is 18.2 Å². The molecule has 0 fully saturated rings. The van der Waals surface area contributed by atoms with Crippen LogP contribution in [0.15, 0.2) is 24.3 Å². The monoisotopic (exact) mass is 393 g/mol. The second-order valence-corrected chi connectivity index (χ2v) is 6.07. The summed E-state index contributed by atoms with van der Waals surface area (Å²) in [5.41, 5.74) is 0.919. The molecule has 2 rings (SSSR count). The van der Waals surface area contributed by atoms with Gasteiger partial charge in [0.1, 0.15) is 10.9 Å². The minimum atomic E-state index is -0.764. The molecule has 2 aromatic rings. The molecule has 0 saturated carbocycles. The van der Waals surface area contributed by atoms with Crippen molar-refractivity contribution in [1.29, 1.82) is 0 Å². The Bertz CT molecular complexity index is 876. The maximum atomic E-state index is 12.1. The smallest absolute Gasteiger partial charge is 0.336 e. The third kappa shape index (κ3) is 5.07. The Morgan fingerprint density at radius 2 is 2.19 bits per heavy atom. The van der Waals surface area contributed by atoms with E-state index in [1.807, 2.05) is 0 Å². The molecule has 0 unspecified atom stereocenters. The summed E-state index contributed by atoms with van der Waals surface area (Å²) >= 11 is 6.30. The molecule has 0 radical (unpaired) electrons. The quantitative estimate of drug-likeness (QED) is 0.219. The van der Waals surface area contributed by atoms with Gasteiger partial charge in [0.25, 0.3) is 0 Å². The maximum absolute atomic E-state index is 12.1. The van der Waals surface area contributed by atoms with Crippen LogP contribution in [0.2, 0.25) is 5.15 Å². The Hall–Kier alpha value is -2.87. The lowest BCUT2D eigenvalue weighted by Crippen LogP contribution is -2.06. The second-order valence-electron chi connectivity index (χ2n) is 5.71. The van der Waals surface area contributed by atoms with E-state index in [9.17, 15) is 14.9 Å². The summed E-state index contributed by atoms with van der Waals surface area (Å²) in [5, 5.41) is 15.9. The largest absolute Gasteiger partial charge is 0.496 e. The van der Waals surface area contributed by atoms with Gasteiger partial charge in [-0.25, -0.2) is 4.79 Å². The van der Waals surface area contributed by atoms with Crippen molar-refractivity contribution in [3.63, 3.8) is 0 Å². The highest BCUT2D eigenvalue weighted by Crippen LogP contribution is 2.31. The average molecular weight is 394 g/mol. The lowest BCUT2D eigenvalue weighted by molar-refractivity contribution is -0.385. The topological polar surface area (TPSA) is 96.5 Å². The van der Waals surface area contributed by atoms with Gasteiger partial charge in [0.15, 0.2) is 0 Å². The third-order valence-corrected chi connectivity index (χ3v) is 4.19. The minimum Gasteiger partial charge on any atom is -0.496 e. The maximum Gasteiger partial charge on any atom is 0.336 e. The number of nitro benzene ring substituents is 1. The van der Waals surface area contributed by atoms with E-state index in [0.29, 0.717) is 28.7 Å². The zero-order valence-electron chi connectivity index (χ0n) is 15.3. The molecule has 0 atom stereocenters. The predicted octanol–water partition coefficient (Wildman–Crippen LogP) is 4.18. The van der Waals surface area contributed by atoms with Crippen LogP contribution >= 0.6 is 11.6 Å². The van der Waals surface area contributed by atoms with Gasteiger partial charge >= 0.3 is 11.7 Å². The van der Waals surface area contributed by atoms with Crippen molar-refractivity contribution in [1.82, 2.24) is 9.78 Å². The predicted molar refractivity (Wildman–Crippen MR) is 101 cm³/mol. The summed E-state index contributed by atoms with van der Waals surface area (Å²) in [5.74, 6) is -0.643. The van der Waals surface area contributed by atoms with Crippen molar-refractivity contribution in [3.8, 4) is 11.5 Å². The normalized spacial score (nSPS) is 11.0. The van der Waals surface area contributed by atoms with Gasteiger partial charge in [-0.15, -0.1) is 0 Å². The first-order valence-corrected chi connectivity index (χ1v) is 8.70. The number of aryl methyl sites for hydroxylation is 2. The molecule has 0 bridgehead atoms. The zero-order chi connectivity index (χ0) is 20.0. The highest BCUT2D eigenvalue weighted by Gasteiger charge is 2.19. The molecular weight excluding hydrogens is 374 g/mol. The number of hydrogen-bond acceptors (Lipinski definition) is 6. The molecule has 1 aromatic carbocycles. The molecule has 0 aliphatic carbocycles. The van der Waals surface area contributed by atoms with Crippen LogP contribution in [0, 0.1) is 17.0 Å².